The van der Waals surface area contributed by atoms with Crippen molar-refractivity contribution in [3.63, 3.8) is 0 Å². The number of nitrogens with one attached hydrogen (secondary N) is 1. The minimum atomic E-state index is -3.97. The van der Waals surface area contributed by atoms with E-state index in [-0.39, 0.29) is 29.3 Å². The van der Waals surface area contributed by atoms with E-state index in [0.717, 1.165) is 33.2 Å². The molecule has 0 fully saturated rings. The molecule has 0 aliphatic rings. The molecule has 1 aromatic heterocycles. The second kappa shape index (κ2) is 9.60. The number of carbonyl (C=O) groups is 1. The number of ketones is 1. The highest BCUT2D eigenvalue weighted by molar-refractivity contribution is 7.89. The summed E-state index contributed by atoms with van der Waals surface area (Å²) in [5.74, 6) is -0.140. The largest absolute Gasteiger partial charge is 0.322 e. The molecule has 0 amide bonds. The number of pyridine rings is 1. The average Bonchev–Trinajstić information content (AvgIpc) is 2.81. The summed E-state index contributed by atoms with van der Waals surface area (Å²) in [5, 5.41) is 0.848. The molecule has 4 rings (SSSR count). The van der Waals surface area contributed by atoms with Crippen molar-refractivity contribution in [3.05, 3.63) is 110 Å². The highest BCUT2D eigenvalue weighted by Crippen LogP contribution is 2.23. The molecule has 0 aliphatic carbocycles. The van der Waals surface area contributed by atoms with E-state index in [2.05, 4.69) is 4.98 Å². The van der Waals surface area contributed by atoms with Gasteiger partial charge in [0.25, 0.3) is 5.56 Å². The molecule has 4 aromatic rings. The topological polar surface area (TPSA) is 87.3 Å². The maximum Gasteiger partial charge on any atom is 0.252 e. The van der Waals surface area contributed by atoms with Gasteiger partial charge in [-0.2, -0.15) is 4.31 Å². The fraction of sp³-hybridized carbons (Fsp3) is 0.214. The third-order valence-electron chi connectivity index (χ3n) is 6.26. The number of benzene rings is 3. The molecular formula is C28H28N2O4S. The van der Waals surface area contributed by atoms with Crippen LogP contribution in [0.1, 0.15) is 45.1 Å². The lowest BCUT2D eigenvalue weighted by atomic mass is 10.0. The number of carbonyl (C=O) groups excluding carboxylic acids is 1. The second-order valence-electron chi connectivity index (χ2n) is 8.99. The van der Waals surface area contributed by atoms with Crippen molar-refractivity contribution in [2.24, 2.45) is 0 Å². The molecule has 0 atom stereocenters. The molecule has 0 aliphatic heterocycles. The fourth-order valence-corrected chi connectivity index (χ4v) is 5.37. The smallest absolute Gasteiger partial charge is 0.252 e. The van der Waals surface area contributed by atoms with Crippen molar-refractivity contribution in [3.8, 4) is 0 Å². The highest BCUT2D eigenvalue weighted by atomic mass is 32.2. The van der Waals surface area contributed by atoms with Gasteiger partial charge in [0.05, 0.1) is 4.90 Å². The number of aryl methyl sites for hydroxylation is 3. The van der Waals surface area contributed by atoms with Gasteiger partial charge in [-0.05, 0) is 80.1 Å². The van der Waals surface area contributed by atoms with Crippen LogP contribution in [-0.2, 0) is 23.1 Å². The standard InChI is InChI=1S/C28H28N2O4S/c1-18-5-7-22(8-6-18)16-30(35(33,34)26-11-9-23(10-12-26)21(4)31)17-25-15-24-13-19(2)20(3)14-27(24)29-28(25)32/h5-15H,16-17H2,1-4H3,(H,29,32). The van der Waals surface area contributed by atoms with Gasteiger partial charge in [-0.25, -0.2) is 8.42 Å². The van der Waals surface area contributed by atoms with Gasteiger partial charge >= 0.3 is 0 Å². The highest BCUT2D eigenvalue weighted by Gasteiger charge is 2.26. The van der Waals surface area contributed by atoms with Crippen LogP contribution in [0.25, 0.3) is 10.9 Å². The molecule has 6 nitrogen and oxygen atoms in total. The Labute approximate surface area is 205 Å². The van der Waals surface area contributed by atoms with Crippen LogP contribution in [0.4, 0.5) is 0 Å². The first kappa shape index (κ1) is 24.6. The van der Waals surface area contributed by atoms with Crippen LogP contribution in [0, 0.1) is 20.8 Å². The van der Waals surface area contributed by atoms with Crippen molar-refractivity contribution < 1.29 is 13.2 Å². The van der Waals surface area contributed by atoms with E-state index < -0.39 is 10.0 Å². The Morgan fingerprint density at radius 2 is 1.49 bits per heavy atom. The number of nitrogens with zero attached hydrogens (tertiary/aromatic N) is 1. The summed E-state index contributed by atoms with van der Waals surface area (Å²) in [6.07, 6.45) is 0. The Morgan fingerprint density at radius 3 is 2.11 bits per heavy atom. The predicted molar refractivity (Wildman–Crippen MR) is 138 cm³/mol. The van der Waals surface area contributed by atoms with Crippen LogP contribution in [-0.4, -0.2) is 23.5 Å². The number of hydrogen-bond acceptors (Lipinski definition) is 4. The summed E-state index contributed by atoms with van der Waals surface area (Å²) >= 11 is 0. The quantitative estimate of drug-likeness (QED) is 0.369. The Bertz CT molecular complexity index is 1570. The van der Waals surface area contributed by atoms with Crippen molar-refractivity contribution in [1.82, 2.24) is 9.29 Å². The lowest BCUT2D eigenvalue weighted by molar-refractivity contribution is 0.101. The Balaban J connectivity index is 1.77. The van der Waals surface area contributed by atoms with Crippen molar-refractivity contribution in [2.45, 2.75) is 45.7 Å². The monoisotopic (exact) mass is 488 g/mol. The number of hydrogen-bond donors (Lipinski definition) is 1. The Kier molecular flexibility index (Phi) is 6.74. The normalized spacial score (nSPS) is 11.8. The molecule has 0 radical (unpaired) electrons. The lowest BCUT2D eigenvalue weighted by Crippen LogP contribution is -2.32. The summed E-state index contributed by atoms with van der Waals surface area (Å²) < 4.78 is 28.7. The van der Waals surface area contributed by atoms with E-state index in [0.29, 0.717) is 11.1 Å². The van der Waals surface area contributed by atoms with Crippen LogP contribution in [0.5, 0.6) is 0 Å². The zero-order valence-corrected chi connectivity index (χ0v) is 21.1. The number of rotatable bonds is 7. The third kappa shape index (κ3) is 5.26. The molecule has 7 heteroatoms. The molecule has 35 heavy (non-hydrogen) atoms. The number of Topliss-reactive ketones (excluding diaryl/α,β-unsaturated/α-hetero) is 1. The Hall–Kier alpha value is -3.55. The minimum absolute atomic E-state index is 0.0679. The number of H-pyrrole nitrogens is 1. The van der Waals surface area contributed by atoms with Crippen molar-refractivity contribution in [2.75, 3.05) is 0 Å². The summed E-state index contributed by atoms with van der Waals surface area (Å²) in [6, 6.07) is 19.2. The van der Waals surface area contributed by atoms with Crippen LogP contribution in [0.2, 0.25) is 0 Å². The molecule has 0 spiro atoms. The van der Waals surface area contributed by atoms with E-state index in [1.165, 1.54) is 35.5 Å². The van der Waals surface area contributed by atoms with Crippen molar-refractivity contribution >= 4 is 26.7 Å². The van der Waals surface area contributed by atoms with Gasteiger partial charge in [0.15, 0.2) is 5.78 Å². The van der Waals surface area contributed by atoms with Gasteiger partial charge in [0, 0.05) is 29.7 Å². The summed E-state index contributed by atoms with van der Waals surface area (Å²) in [4.78, 5) is 27.5. The maximum absolute atomic E-state index is 13.7. The first-order valence-corrected chi connectivity index (χ1v) is 12.8. The molecule has 180 valence electrons. The summed E-state index contributed by atoms with van der Waals surface area (Å²) in [7, 11) is -3.97. The zero-order valence-electron chi connectivity index (χ0n) is 20.3. The first-order chi connectivity index (χ1) is 16.5. The van der Waals surface area contributed by atoms with Gasteiger partial charge in [0.2, 0.25) is 10.0 Å². The first-order valence-electron chi connectivity index (χ1n) is 11.3. The van der Waals surface area contributed by atoms with Crippen LogP contribution < -0.4 is 5.56 Å². The van der Waals surface area contributed by atoms with E-state index in [9.17, 15) is 18.0 Å². The average molecular weight is 489 g/mol. The van der Waals surface area contributed by atoms with E-state index in [1.54, 1.807) is 6.07 Å². The van der Waals surface area contributed by atoms with Gasteiger partial charge < -0.3 is 4.98 Å². The minimum Gasteiger partial charge on any atom is -0.322 e. The summed E-state index contributed by atoms with van der Waals surface area (Å²) in [5.41, 5.74) is 5.22. The predicted octanol–water partition coefficient (Wildman–Crippen LogP) is 5.05. The fourth-order valence-electron chi connectivity index (χ4n) is 3.96. The van der Waals surface area contributed by atoms with Gasteiger partial charge in [0.1, 0.15) is 0 Å². The molecule has 0 saturated carbocycles. The Morgan fingerprint density at radius 1 is 0.857 bits per heavy atom. The molecular weight excluding hydrogens is 460 g/mol. The van der Waals surface area contributed by atoms with Crippen LogP contribution >= 0.6 is 0 Å². The van der Waals surface area contributed by atoms with Crippen molar-refractivity contribution in [1.29, 1.82) is 0 Å². The van der Waals surface area contributed by atoms with Gasteiger partial charge in [-0.1, -0.05) is 42.0 Å². The number of aromatic nitrogens is 1. The number of fused-ring (bicyclic) bond motifs is 1. The van der Waals surface area contributed by atoms with Gasteiger partial charge in [-0.15, -0.1) is 0 Å². The maximum atomic E-state index is 13.7. The molecule has 0 bridgehead atoms. The molecule has 0 unspecified atom stereocenters. The van der Waals surface area contributed by atoms with Gasteiger partial charge in [-0.3, -0.25) is 9.59 Å². The van der Waals surface area contributed by atoms with Crippen LogP contribution in [0.3, 0.4) is 0 Å². The molecule has 0 saturated heterocycles. The molecule has 3 aromatic carbocycles. The van der Waals surface area contributed by atoms with E-state index in [1.807, 2.05) is 57.2 Å². The van der Waals surface area contributed by atoms with Crippen LogP contribution in [0.15, 0.2) is 76.4 Å². The third-order valence-corrected chi connectivity index (χ3v) is 8.07. The zero-order chi connectivity index (χ0) is 25.3. The van der Waals surface area contributed by atoms with E-state index in [4.69, 9.17) is 0 Å². The SMILES string of the molecule is CC(=O)c1ccc(S(=O)(=O)N(Cc2ccc(C)cc2)Cc2cc3cc(C)c(C)cc3[nH]c2=O)cc1. The number of aromatic amines is 1. The van der Waals surface area contributed by atoms with E-state index >= 15 is 0 Å². The lowest BCUT2D eigenvalue weighted by Gasteiger charge is -2.23. The number of sulfonamides is 1. The second-order valence-corrected chi connectivity index (χ2v) is 10.9. The molecule has 1 N–H and O–H groups in total. The molecule has 1 heterocycles. The summed E-state index contributed by atoms with van der Waals surface area (Å²) in [6.45, 7) is 7.38.